The van der Waals surface area contributed by atoms with E-state index in [-0.39, 0.29) is 23.3 Å². The molecule has 0 unspecified atom stereocenters. The first kappa shape index (κ1) is 21.9. The van der Waals surface area contributed by atoms with Crippen LogP contribution in [0.15, 0.2) is 48.9 Å². The number of carbonyl (C=O) groups is 2. The standard InChI is InChI=1S/C23H23FN4O3/c1-12(2)22(29)28-21-10-19-16(11-25-21)8-17(14(5)26-19)15-6-7-18(24)20(9-15)27-23(30)31-13(3)4/h6-12H,3H2,1-2,4-5H3,(H,27,30)(H,25,28,29). The van der Waals surface area contributed by atoms with Crippen LogP contribution < -0.4 is 10.6 Å². The minimum atomic E-state index is -0.822. The van der Waals surface area contributed by atoms with E-state index >= 15 is 0 Å². The summed E-state index contributed by atoms with van der Waals surface area (Å²) in [5, 5.41) is 5.88. The van der Waals surface area contributed by atoms with Crippen molar-refractivity contribution in [1.82, 2.24) is 9.97 Å². The highest BCUT2D eigenvalue weighted by molar-refractivity contribution is 5.94. The fourth-order valence-electron chi connectivity index (χ4n) is 2.88. The van der Waals surface area contributed by atoms with E-state index in [1.165, 1.54) is 19.1 Å². The van der Waals surface area contributed by atoms with Crippen molar-refractivity contribution in [2.45, 2.75) is 27.7 Å². The number of amides is 2. The Labute approximate surface area is 179 Å². The van der Waals surface area contributed by atoms with Crippen LogP contribution in [0.3, 0.4) is 0 Å². The molecule has 0 aliphatic rings. The molecule has 31 heavy (non-hydrogen) atoms. The van der Waals surface area contributed by atoms with Crippen molar-refractivity contribution in [3.63, 3.8) is 0 Å². The lowest BCUT2D eigenvalue weighted by Crippen LogP contribution is -2.18. The van der Waals surface area contributed by atoms with Crippen LogP contribution in [0.25, 0.3) is 22.0 Å². The van der Waals surface area contributed by atoms with Gasteiger partial charge in [-0.15, -0.1) is 0 Å². The van der Waals surface area contributed by atoms with Gasteiger partial charge < -0.3 is 10.1 Å². The molecule has 0 aliphatic carbocycles. The number of ether oxygens (including phenoxy) is 1. The SMILES string of the molecule is C=C(C)OC(=O)Nc1cc(-c2cc3cnc(NC(=O)C(C)C)cc3nc2C)ccc1F. The van der Waals surface area contributed by atoms with Gasteiger partial charge in [-0.05, 0) is 37.6 Å². The zero-order chi connectivity index (χ0) is 22.7. The summed E-state index contributed by atoms with van der Waals surface area (Å²) in [6.45, 7) is 10.4. The molecule has 2 N–H and O–H groups in total. The van der Waals surface area contributed by atoms with Gasteiger partial charge in [0.25, 0.3) is 0 Å². The Morgan fingerprint density at radius 2 is 1.90 bits per heavy atom. The number of nitrogens with zero attached hydrogens (tertiary/aromatic N) is 2. The van der Waals surface area contributed by atoms with Crippen LogP contribution in [-0.2, 0) is 9.53 Å². The van der Waals surface area contributed by atoms with Crippen molar-refractivity contribution in [2.75, 3.05) is 10.6 Å². The Morgan fingerprint density at radius 3 is 2.58 bits per heavy atom. The van der Waals surface area contributed by atoms with E-state index in [4.69, 9.17) is 4.74 Å². The zero-order valence-electron chi connectivity index (χ0n) is 17.7. The third kappa shape index (κ3) is 5.22. The highest BCUT2D eigenvalue weighted by atomic mass is 19.1. The van der Waals surface area contributed by atoms with Crippen molar-refractivity contribution in [1.29, 1.82) is 0 Å². The summed E-state index contributed by atoms with van der Waals surface area (Å²) in [5.74, 6) is -0.267. The van der Waals surface area contributed by atoms with Crippen LogP contribution in [0.1, 0.15) is 26.5 Å². The van der Waals surface area contributed by atoms with Crippen molar-refractivity contribution in [2.24, 2.45) is 5.92 Å². The van der Waals surface area contributed by atoms with Gasteiger partial charge in [0, 0.05) is 34.8 Å². The molecule has 0 radical (unpaired) electrons. The van der Waals surface area contributed by atoms with Gasteiger partial charge in [-0.25, -0.2) is 14.2 Å². The number of nitrogens with one attached hydrogen (secondary N) is 2. The summed E-state index contributed by atoms with van der Waals surface area (Å²) in [6.07, 6.45) is 0.797. The number of anilines is 2. The average Bonchev–Trinajstić information content (AvgIpc) is 2.68. The summed E-state index contributed by atoms with van der Waals surface area (Å²) in [6, 6.07) is 7.96. The minimum absolute atomic E-state index is 0.0203. The number of rotatable bonds is 5. The molecule has 0 saturated heterocycles. The molecule has 0 bridgehead atoms. The average molecular weight is 422 g/mol. The molecule has 160 valence electrons. The second kappa shape index (κ2) is 8.91. The molecule has 2 aromatic heterocycles. The monoisotopic (exact) mass is 422 g/mol. The normalized spacial score (nSPS) is 10.8. The van der Waals surface area contributed by atoms with E-state index in [9.17, 15) is 14.0 Å². The molecule has 3 rings (SSSR count). The lowest BCUT2D eigenvalue weighted by molar-refractivity contribution is -0.118. The largest absolute Gasteiger partial charge is 0.416 e. The van der Waals surface area contributed by atoms with Crippen LogP contribution >= 0.6 is 0 Å². The second-order valence-corrected chi connectivity index (χ2v) is 7.44. The van der Waals surface area contributed by atoms with Gasteiger partial charge in [-0.2, -0.15) is 0 Å². The number of fused-ring (bicyclic) bond motifs is 1. The van der Waals surface area contributed by atoms with Gasteiger partial charge in [0.1, 0.15) is 11.6 Å². The Bertz CT molecular complexity index is 1190. The first-order valence-electron chi connectivity index (χ1n) is 9.66. The Hall–Kier alpha value is -3.81. The molecule has 0 fully saturated rings. The van der Waals surface area contributed by atoms with Crippen LogP contribution in [0.4, 0.5) is 20.7 Å². The predicted octanol–water partition coefficient (Wildman–Crippen LogP) is 5.42. The highest BCUT2D eigenvalue weighted by Crippen LogP contribution is 2.30. The fourth-order valence-corrected chi connectivity index (χ4v) is 2.88. The number of benzene rings is 1. The molecule has 0 saturated carbocycles. The lowest BCUT2D eigenvalue weighted by Gasteiger charge is -2.12. The number of pyridine rings is 2. The maximum atomic E-state index is 14.2. The van der Waals surface area contributed by atoms with Crippen LogP contribution in [0, 0.1) is 18.7 Å². The van der Waals surface area contributed by atoms with Crippen molar-refractivity contribution < 1.29 is 18.7 Å². The molecule has 0 atom stereocenters. The van der Waals surface area contributed by atoms with Crippen LogP contribution in [0.2, 0.25) is 0 Å². The second-order valence-electron chi connectivity index (χ2n) is 7.44. The first-order chi connectivity index (χ1) is 14.6. The third-order valence-corrected chi connectivity index (χ3v) is 4.45. The smallest absolute Gasteiger partial charge is 0.416 e. The van der Waals surface area contributed by atoms with E-state index in [0.717, 1.165) is 10.9 Å². The molecule has 3 aromatic rings. The van der Waals surface area contributed by atoms with Crippen molar-refractivity contribution in [3.05, 3.63) is 60.4 Å². The maximum Gasteiger partial charge on any atom is 0.416 e. The molecule has 2 heterocycles. The van der Waals surface area contributed by atoms with Crippen molar-refractivity contribution in [3.8, 4) is 11.1 Å². The number of hydrogen-bond acceptors (Lipinski definition) is 5. The fraction of sp³-hybridized carbons (Fsp3) is 0.217. The minimum Gasteiger partial charge on any atom is -0.416 e. The summed E-state index contributed by atoms with van der Waals surface area (Å²) >= 11 is 0. The van der Waals surface area contributed by atoms with Gasteiger partial charge >= 0.3 is 6.09 Å². The van der Waals surface area contributed by atoms with E-state index < -0.39 is 11.9 Å². The lowest BCUT2D eigenvalue weighted by atomic mass is 10.0. The zero-order valence-corrected chi connectivity index (χ0v) is 17.7. The van der Waals surface area contributed by atoms with E-state index in [1.807, 2.05) is 13.0 Å². The molecule has 1 aromatic carbocycles. The molecule has 2 amide bonds. The Morgan fingerprint density at radius 1 is 1.16 bits per heavy atom. The number of aromatic nitrogens is 2. The van der Waals surface area contributed by atoms with E-state index in [0.29, 0.717) is 22.6 Å². The summed E-state index contributed by atoms with van der Waals surface area (Å²) in [4.78, 5) is 32.6. The van der Waals surface area contributed by atoms with E-state index in [1.54, 1.807) is 32.2 Å². The van der Waals surface area contributed by atoms with Gasteiger partial charge in [-0.3, -0.25) is 15.1 Å². The molecular formula is C23H23FN4O3. The quantitative estimate of drug-likeness (QED) is 0.536. The van der Waals surface area contributed by atoms with Crippen LogP contribution in [0.5, 0.6) is 0 Å². The van der Waals surface area contributed by atoms with Crippen molar-refractivity contribution >= 4 is 34.4 Å². The first-order valence-corrected chi connectivity index (χ1v) is 9.66. The molecule has 0 spiro atoms. The Kier molecular flexibility index (Phi) is 6.29. The maximum absolute atomic E-state index is 14.2. The number of aryl methyl sites for hydroxylation is 1. The van der Waals surface area contributed by atoms with Gasteiger partial charge in [0.15, 0.2) is 0 Å². The summed E-state index contributed by atoms with van der Waals surface area (Å²) in [7, 11) is 0. The number of allylic oxidation sites excluding steroid dienone is 1. The van der Waals surface area contributed by atoms with E-state index in [2.05, 4.69) is 27.2 Å². The summed E-state index contributed by atoms with van der Waals surface area (Å²) in [5.41, 5.74) is 2.76. The van der Waals surface area contributed by atoms with Crippen LogP contribution in [-0.4, -0.2) is 22.0 Å². The predicted molar refractivity (Wildman–Crippen MR) is 118 cm³/mol. The Balaban J connectivity index is 1.94. The third-order valence-electron chi connectivity index (χ3n) is 4.45. The topological polar surface area (TPSA) is 93.2 Å². The summed E-state index contributed by atoms with van der Waals surface area (Å²) < 4.78 is 19.0. The van der Waals surface area contributed by atoms with Gasteiger partial charge in [-0.1, -0.05) is 26.5 Å². The molecule has 7 nitrogen and oxygen atoms in total. The number of carbonyl (C=O) groups excluding carboxylic acids is 2. The highest BCUT2D eigenvalue weighted by Gasteiger charge is 2.14. The van der Waals surface area contributed by atoms with Gasteiger partial charge in [0.05, 0.1) is 17.0 Å². The number of halogens is 1. The molecule has 0 aliphatic heterocycles. The molecule has 8 heteroatoms. The molecular weight excluding hydrogens is 399 g/mol. The van der Waals surface area contributed by atoms with Gasteiger partial charge in [0.2, 0.25) is 5.91 Å². The number of hydrogen-bond donors (Lipinski definition) is 2.